The van der Waals surface area contributed by atoms with Crippen molar-refractivity contribution in [3.8, 4) is 0 Å². The summed E-state index contributed by atoms with van der Waals surface area (Å²) in [5, 5.41) is 4.00. The van der Waals surface area contributed by atoms with Crippen molar-refractivity contribution < 1.29 is 9.53 Å². The first-order chi connectivity index (χ1) is 7.13. The molecule has 0 aromatic carbocycles. The van der Waals surface area contributed by atoms with E-state index in [1.807, 2.05) is 26.8 Å². The summed E-state index contributed by atoms with van der Waals surface area (Å²) in [7, 11) is 0. The molecule has 0 saturated carbocycles. The Balaban J connectivity index is 2.50. The van der Waals surface area contributed by atoms with Crippen LogP contribution in [0.3, 0.4) is 0 Å². The molecule has 0 amide bonds. The second-order valence-corrected chi connectivity index (χ2v) is 3.46. The Labute approximate surface area is 89.5 Å². The fourth-order valence-electron chi connectivity index (χ4n) is 1.01. The maximum Gasteiger partial charge on any atom is 0.341 e. The van der Waals surface area contributed by atoms with E-state index in [1.54, 1.807) is 10.9 Å². The summed E-state index contributed by atoms with van der Waals surface area (Å²) < 4.78 is 6.72. The second kappa shape index (κ2) is 5.34. The van der Waals surface area contributed by atoms with Gasteiger partial charge in [-0.05, 0) is 26.8 Å². The molecule has 4 heteroatoms. The number of rotatable bonds is 4. The SMILES string of the molecule is CCn1cc(C(=O)OCC=C(C)C)cn1. The Bertz CT molecular complexity index is 362. The molecule has 1 aromatic heterocycles. The van der Waals surface area contributed by atoms with Crippen LogP contribution in [-0.4, -0.2) is 22.4 Å². The van der Waals surface area contributed by atoms with Crippen LogP contribution in [0.5, 0.6) is 0 Å². The number of hydrogen-bond donors (Lipinski definition) is 0. The van der Waals surface area contributed by atoms with E-state index in [4.69, 9.17) is 4.74 Å². The van der Waals surface area contributed by atoms with E-state index in [9.17, 15) is 4.79 Å². The van der Waals surface area contributed by atoms with Crippen molar-refractivity contribution in [3.63, 3.8) is 0 Å². The largest absolute Gasteiger partial charge is 0.458 e. The number of nitrogens with zero attached hydrogens (tertiary/aromatic N) is 2. The van der Waals surface area contributed by atoms with Gasteiger partial charge >= 0.3 is 5.97 Å². The third kappa shape index (κ3) is 3.58. The van der Waals surface area contributed by atoms with Gasteiger partial charge in [0, 0.05) is 12.7 Å². The highest BCUT2D eigenvalue weighted by atomic mass is 16.5. The summed E-state index contributed by atoms with van der Waals surface area (Å²) in [6.07, 6.45) is 5.07. The van der Waals surface area contributed by atoms with Gasteiger partial charge in [0.05, 0.1) is 11.8 Å². The Morgan fingerprint density at radius 3 is 2.87 bits per heavy atom. The summed E-state index contributed by atoms with van der Waals surface area (Å²) in [6, 6.07) is 0. The zero-order valence-electron chi connectivity index (χ0n) is 9.36. The van der Waals surface area contributed by atoms with Crippen molar-refractivity contribution in [2.45, 2.75) is 27.3 Å². The average molecular weight is 208 g/mol. The van der Waals surface area contributed by atoms with Crippen LogP contribution >= 0.6 is 0 Å². The van der Waals surface area contributed by atoms with Crippen LogP contribution in [0.1, 0.15) is 31.1 Å². The monoisotopic (exact) mass is 208 g/mol. The van der Waals surface area contributed by atoms with E-state index >= 15 is 0 Å². The van der Waals surface area contributed by atoms with Crippen molar-refractivity contribution in [2.24, 2.45) is 0 Å². The van der Waals surface area contributed by atoms with Gasteiger partial charge in [-0.2, -0.15) is 5.10 Å². The first kappa shape index (κ1) is 11.5. The molecular formula is C11H16N2O2. The van der Waals surface area contributed by atoms with Gasteiger partial charge in [0.15, 0.2) is 0 Å². The lowest BCUT2D eigenvalue weighted by Gasteiger charge is -1.99. The van der Waals surface area contributed by atoms with E-state index in [2.05, 4.69) is 5.10 Å². The van der Waals surface area contributed by atoms with E-state index < -0.39 is 0 Å². The highest BCUT2D eigenvalue weighted by molar-refractivity contribution is 5.88. The molecule has 1 heterocycles. The molecule has 0 unspecified atom stereocenters. The lowest BCUT2D eigenvalue weighted by atomic mass is 10.3. The summed E-state index contributed by atoms with van der Waals surface area (Å²) >= 11 is 0. The number of carbonyl (C=O) groups excluding carboxylic acids is 1. The number of ether oxygens (including phenoxy) is 1. The molecular weight excluding hydrogens is 192 g/mol. The van der Waals surface area contributed by atoms with Gasteiger partial charge in [-0.1, -0.05) is 5.57 Å². The Kier molecular flexibility index (Phi) is 4.09. The van der Waals surface area contributed by atoms with Gasteiger partial charge in [-0.15, -0.1) is 0 Å². The molecule has 0 saturated heterocycles. The highest BCUT2D eigenvalue weighted by Gasteiger charge is 2.08. The number of aryl methyl sites for hydroxylation is 1. The van der Waals surface area contributed by atoms with E-state index in [-0.39, 0.29) is 5.97 Å². The topological polar surface area (TPSA) is 44.1 Å². The molecule has 1 rings (SSSR count). The van der Waals surface area contributed by atoms with Crippen LogP contribution in [-0.2, 0) is 11.3 Å². The molecule has 0 N–H and O–H groups in total. The normalized spacial score (nSPS) is 9.80. The third-order valence-corrected chi connectivity index (χ3v) is 1.90. The van der Waals surface area contributed by atoms with Gasteiger partial charge in [0.1, 0.15) is 6.61 Å². The zero-order valence-corrected chi connectivity index (χ0v) is 9.36. The van der Waals surface area contributed by atoms with Gasteiger partial charge in [0.2, 0.25) is 0 Å². The van der Waals surface area contributed by atoms with Crippen molar-refractivity contribution in [1.29, 1.82) is 0 Å². The van der Waals surface area contributed by atoms with Gasteiger partial charge < -0.3 is 4.74 Å². The van der Waals surface area contributed by atoms with Crippen LogP contribution in [0.25, 0.3) is 0 Å². The fraction of sp³-hybridized carbons (Fsp3) is 0.455. The lowest BCUT2D eigenvalue weighted by molar-refractivity contribution is 0.0549. The smallest absolute Gasteiger partial charge is 0.341 e. The van der Waals surface area contributed by atoms with Crippen molar-refractivity contribution >= 4 is 5.97 Å². The number of aromatic nitrogens is 2. The quantitative estimate of drug-likeness (QED) is 0.561. The molecule has 1 aromatic rings. The minimum atomic E-state index is -0.327. The molecule has 0 fully saturated rings. The molecule has 0 bridgehead atoms. The van der Waals surface area contributed by atoms with Crippen molar-refractivity contribution in [1.82, 2.24) is 9.78 Å². The maximum absolute atomic E-state index is 11.5. The van der Waals surface area contributed by atoms with Crippen LogP contribution in [0, 0.1) is 0 Å². The minimum Gasteiger partial charge on any atom is -0.458 e. The molecule has 15 heavy (non-hydrogen) atoms. The van der Waals surface area contributed by atoms with Crippen LogP contribution in [0.4, 0.5) is 0 Å². The Hall–Kier alpha value is -1.58. The molecule has 0 spiro atoms. The number of esters is 1. The summed E-state index contributed by atoms with van der Waals surface area (Å²) in [4.78, 5) is 11.5. The van der Waals surface area contributed by atoms with Gasteiger partial charge in [0.25, 0.3) is 0 Å². The fourth-order valence-corrected chi connectivity index (χ4v) is 1.01. The Morgan fingerprint density at radius 2 is 2.33 bits per heavy atom. The Morgan fingerprint density at radius 1 is 1.60 bits per heavy atom. The van der Waals surface area contributed by atoms with Crippen LogP contribution in [0.15, 0.2) is 24.0 Å². The molecule has 0 radical (unpaired) electrons. The predicted octanol–water partition coefficient (Wildman–Crippen LogP) is 2.03. The maximum atomic E-state index is 11.5. The number of allylic oxidation sites excluding steroid dienone is 1. The standard InChI is InChI=1S/C11H16N2O2/c1-4-13-8-10(7-12-13)11(14)15-6-5-9(2)3/h5,7-8H,4,6H2,1-3H3. The number of carbonyl (C=O) groups is 1. The average Bonchev–Trinajstić information content (AvgIpc) is 2.65. The molecule has 0 aliphatic rings. The predicted molar refractivity (Wildman–Crippen MR) is 57.6 cm³/mol. The van der Waals surface area contributed by atoms with Crippen molar-refractivity contribution in [3.05, 3.63) is 29.6 Å². The summed E-state index contributed by atoms with van der Waals surface area (Å²) in [6.45, 7) is 6.96. The second-order valence-electron chi connectivity index (χ2n) is 3.46. The highest BCUT2D eigenvalue weighted by Crippen LogP contribution is 2.01. The first-order valence-corrected chi connectivity index (χ1v) is 4.96. The molecule has 0 aliphatic carbocycles. The van der Waals surface area contributed by atoms with E-state index in [1.165, 1.54) is 6.20 Å². The lowest BCUT2D eigenvalue weighted by Crippen LogP contribution is -2.04. The zero-order chi connectivity index (χ0) is 11.3. The van der Waals surface area contributed by atoms with Crippen LogP contribution in [0.2, 0.25) is 0 Å². The minimum absolute atomic E-state index is 0.318. The van der Waals surface area contributed by atoms with Gasteiger partial charge in [-0.3, -0.25) is 4.68 Å². The van der Waals surface area contributed by atoms with E-state index in [0.717, 1.165) is 12.1 Å². The summed E-state index contributed by atoms with van der Waals surface area (Å²) in [5.74, 6) is -0.327. The third-order valence-electron chi connectivity index (χ3n) is 1.90. The van der Waals surface area contributed by atoms with Crippen LogP contribution < -0.4 is 0 Å². The molecule has 4 nitrogen and oxygen atoms in total. The van der Waals surface area contributed by atoms with E-state index in [0.29, 0.717) is 12.2 Å². The molecule has 0 atom stereocenters. The number of hydrogen-bond acceptors (Lipinski definition) is 3. The summed E-state index contributed by atoms with van der Waals surface area (Å²) in [5.41, 5.74) is 1.63. The molecule has 82 valence electrons. The van der Waals surface area contributed by atoms with Crippen molar-refractivity contribution in [2.75, 3.05) is 6.61 Å². The molecule has 0 aliphatic heterocycles. The first-order valence-electron chi connectivity index (χ1n) is 4.96. The van der Waals surface area contributed by atoms with Gasteiger partial charge in [-0.25, -0.2) is 4.79 Å².